The van der Waals surface area contributed by atoms with Crippen molar-refractivity contribution in [3.8, 4) is 0 Å². The molecule has 0 amide bonds. The molecule has 1 aliphatic carbocycles. The van der Waals surface area contributed by atoms with E-state index in [4.69, 9.17) is 0 Å². The fraction of sp³-hybridized carbons (Fsp3) is 0.455. The van der Waals surface area contributed by atoms with E-state index in [1.807, 2.05) is 30.3 Å². The van der Waals surface area contributed by atoms with Crippen molar-refractivity contribution < 1.29 is 64.3 Å². The molecule has 0 heterocycles. The van der Waals surface area contributed by atoms with Crippen molar-refractivity contribution in [2.24, 2.45) is 0 Å². The molecule has 1 aliphatic rings. The molecule has 1 fully saturated rings. The molecule has 0 spiro atoms. The SMILES string of the molecule is F[B-](F)(F)[C@@H]1CCC[C@@H]1c1ccccc1.[K+]. The molecule has 1 aromatic rings. The van der Waals surface area contributed by atoms with Crippen LogP contribution in [0, 0.1) is 0 Å². The number of halogens is 3. The van der Waals surface area contributed by atoms with E-state index in [0.29, 0.717) is 19.3 Å². The molecule has 0 unspecified atom stereocenters. The van der Waals surface area contributed by atoms with Gasteiger partial charge in [0.1, 0.15) is 0 Å². The van der Waals surface area contributed by atoms with Crippen LogP contribution in [0.25, 0.3) is 0 Å². The van der Waals surface area contributed by atoms with Gasteiger partial charge in [0.15, 0.2) is 0 Å². The summed E-state index contributed by atoms with van der Waals surface area (Å²) in [4.78, 5) is 0. The minimum atomic E-state index is -4.69. The Kier molecular flexibility index (Phi) is 5.58. The van der Waals surface area contributed by atoms with Crippen LogP contribution in [-0.2, 0) is 0 Å². The second kappa shape index (κ2) is 6.05. The van der Waals surface area contributed by atoms with Gasteiger partial charge in [-0.25, -0.2) is 0 Å². The zero-order valence-corrected chi connectivity index (χ0v) is 12.5. The van der Waals surface area contributed by atoms with E-state index in [2.05, 4.69) is 0 Å². The molecule has 0 nitrogen and oxygen atoms in total. The first-order valence-corrected chi connectivity index (χ1v) is 5.34. The molecule has 2 rings (SSSR count). The van der Waals surface area contributed by atoms with Gasteiger partial charge < -0.3 is 12.9 Å². The molecule has 0 radical (unpaired) electrons. The summed E-state index contributed by atoms with van der Waals surface area (Å²) >= 11 is 0. The summed E-state index contributed by atoms with van der Waals surface area (Å²) in [5.41, 5.74) is 0.846. The van der Waals surface area contributed by atoms with E-state index in [1.165, 1.54) is 0 Å². The first kappa shape index (κ1) is 14.8. The summed E-state index contributed by atoms with van der Waals surface area (Å²) in [6.07, 6.45) is 1.69. The van der Waals surface area contributed by atoms with E-state index < -0.39 is 12.8 Å². The van der Waals surface area contributed by atoms with Crippen LogP contribution in [0.3, 0.4) is 0 Å². The average molecular weight is 252 g/mol. The van der Waals surface area contributed by atoms with Gasteiger partial charge in [-0.1, -0.05) is 49.0 Å². The fourth-order valence-corrected chi connectivity index (χ4v) is 2.56. The molecule has 0 saturated heterocycles. The van der Waals surface area contributed by atoms with Crippen molar-refractivity contribution in [3.05, 3.63) is 35.9 Å². The topological polar surface area (TPSA) is 0 Å². The van der Waals surface area contributed by atoms with Crippen LogP contribution < -0.4 is 51.4 Å². The van der Waals surface area contributed by atoms with Gasteiger partial charge in [0.2, 0.25) is 0 Å². The Labute approximate surface area is 136 Å². The molecule has 1 aromatic carbocycles. The van der Waals surface area contributed by atoms with Crippen molar-refractivity contribution in [1.82, 2.24) is 0 Å². The third-order valence-corrected chi connectivity index (χ3v) is 3.28. The minimum absolute atomic E-state index is 0. The number of benzene rings is 1. The van der Waals surface area contributed by atoms with Crippen LogP contribution >= 0.6 is 0 Å². The second-order valence-corrected chi connectivity index (χ2v) is 4.24. The first-order chi connectivity index (χ1) is 7.09. The monoisotopic (exact) mass is 252 g/mol. The normalized spacial score (nSPS) is 25.2. The van der Waals surface area contributed by atoms with Crippen LogP contribution in [0.4, 0.5) is 12.9 Å². The van der Waals surface area contributed by atoms with Crippen LogP contribution in [0.2, 0.25) is 5.82 Å². The molecule has 0 aliphatic heterocycles. The van der Waals surface area contributed by atoms with Crippen LogP contribution in [0.1, 0.15) is 30.7 Å². The Morgan fingerprint density at radius 3 is 2.19 bits per heavy atom. The largest absolute Gasteiger partial charge is 1.00 e. The second-order valence-electron chi connectivity index (χ2n) is 4.24. The first-order valence-electron chi connectivity index (χ1n) is 5.34. The molecule has 1 saturated carbocycles. The Morgan fingerprint density at radius 1 is 1.00 bits per heavy atom. The molecule has 5 heteroatoms. The number of hydrogen-bond donors (Lipinski definition) is 0. The van der Waals surface area contributed by atoms with E-state index in [1.54, 1.807) is 0 Å². The van der Waals surface area contributed by atoms with Crippen molar-refractivity contribution in [1.29, 1.82) is 0 Å². The summed E-state index contributed by atoms with van der Waals surface area (Å²) in [5.74, 6) is -1.38. The summed E-state index contributed by atoms with van der Waals surface area (Å²) < 4.78 is 38.3. The Morgan fingerprint density at radius 2 is 1.62 bits per heavy atom. The molecule has 2 atom stereocenters. The van der Waals surface area contributed by atoms with Crippen LogP contribution in [0.15, 0.2) is 30.3 Å². The van der Waals surface area contributed by atoms with Crippen molar-refractivity contribution in [3.63, 3.8) is 0 Å². The van der Waals surface area contributed by atoms with Gasteiger partial charge >= 0.3 is 58.4 Å². The van der Waals surface area contributed by atoms with Crippen LogP contribution in [0.5, 0.6) is 0 Å². The van der Waals surface area contributed by atoms with E-state index in [9.17, 15) is 12.9 Å². The molecule has 0 bridgehead atoms. The van der Waals surface area contributed by atoms with Gasteiger partial charge in [-0.05, 0) is 17.9 Å². The van der Waals surface area contributed by atoms with E-state index in [0.717, 1.165) is 5.56 Å². The van der Waals surface area contributed by atoms with E-state index in [-0.39, 0.29) is 57.3 Å². The predicted molar refractivity (Wildman–Crippen MR) is 55.9 cm³/mol. The molecule has 82 valence electrons. The number of hydrogen-bond acceptors (Lipinski definition) is 0. The van der Waals surface area contributed by atoms with Crippen molar-refractivity contribution in [2.45, 2.75) is 31.0 Å². The quantitative estimate of drug-likeness (QED) is 0.693. The summed E-state index contributed by atoms with van der Waals surface area (Å²) in [6, 6.07) is 9.09. The van der Waals surface area contributed by atoms with Crippen molar-refractivity contribution in [2.75, 3.05) is 0 Å². The Bertz CT molecular complexity index is 326. The molecule has 16 heavy (non-hydrogen) atoms. The maximum Gasteiger partial charge on any atom is 1.00 e. The van der Waals surface area contributed by atoms with Crippen LogP contribution in [-0.4, -0.2) is 6.98 Å². The van der Waals surface area contributed by atoms with Gasteiger partial charge in [-0.15, -0.1) is 0 Å². The minimum Gasteiger partial charge on any atom is -0.449 e. The third-order valence-electron chi connectivity index (χ3n) is 3.28. The maximum atomic E-state index is 12.8. The van der Waals surface area contributed by atoms with Gasteiger partial charge in [-0.3, -0.25) is 0 Å². The zero-order chi connectivity index (χ0) is 10.9. The maximum absolute atomic E-state index is 12.8. The molecule has 0 aromatic heterocycles. The van der Waals surface area contributed by atoms with Gasteiger partial charge in [0, 0.05) is 0 Å². The van der Waals surface area contributed by atoms with Crippen molar-refractivity contribution >= 4 is 6.98 Å². The summed E-state index contributed by atoms with van der Waals surface area (Å²) in [7, 11) is 0. The summed E-state index contributed by atoms with van der Waals surface area (Å²) in [6.45, 7) is -4.69. The van der Waals surface area contributed by atoms with Gasteiger partial charge in [0.25, 0.3) is 0 Å². The molecule has 0 N–H and O–H groups in total. The predicted octanol–water partition coefficient (Wildman–Crippen LogP) is 1.18. The van der Waals surface area contributed by atoms with Gasteiger partial charge in [-0.2, -0.15) is 0 Å². The Hall–Kier alpha value is 0.711. The zero-order valence-electron chi connectivity index (χ0n) is 9.37. The number of rotatable bonds is 2. The van der Waals surface area contributed by atoms with Gasteiger partial charge in [0.05, 0.1) is 0 Å². The molecular weight excluding hydrogens is 239 g/mol. The van der Waals surface area contributed by atoms with E-state index >= 15 is 0 Å². The molecular formula is C11H13BF3K. The third kappa shape index (κ3) is 3.36. The summed E-state index contributed by atoms with van der Waals surface area (Å²) in [5, 5.41) is 0. The Balaban J connectivity index is 0.00000128. The standard InChI is InChI=1S/C11H13BF3.K/c13-12(14,15)11-8-4-7-10(11)9-5-2-1-3-6-9;/h1-3,5-6,10-11H,4,7-8H2;/q-1;+1/t10-,11-;/m1./s1. The fourth-order valence-electron chi connectivity index (χ4n) is 2.56. The smallest absolute Gasteiger partial charge is 0.449 e. The average Bonchev–Trinajstić information content (AvgIpc) is 2.67.